The summed E-state index contributed by atoms with van der Waals surface area (Å²) in [5, 5.41) is 3.36. The molecule has 2 aromatic rings. The molecule has 1 aromatic carbocycles. The molecule has 3 rings (SSSR count). The van der Waals surface area contributed by atoms with Crippen molar-refractivity contribution in [3.05, 3.63) is 28.9 Å². The molecule has 0 spiro atoms. The van der Waals surface area contributed by atoms with E-state index in [1.807, 2.05) is 19.1 Å². The molecule has 1 saturated heterocycles. The summed E-state index contributed by atoms with van der Waals surface area (Å²) < 4.78 is 23.1. The molecule has 6 nitrogen and oxygen atoms in total. The third-order valence-electron chi connectivity index (χ3n) is 4.11. The molecule has 0 amide bonds. The fraction of sp³-hybridized carbons (Fsp3) is 0.412. The second kappa shape index (κ2) is 7.74. The van der Waals surface area contributed by atoms with Crippen LogP contribution in [0.15, 0.2) is 18.3 Å². The Morgan fingerprint density at radius 3 is 2.76 bits per heavy atom. The molecule has 0 saturated carbocycles. The Morgan fingerprint density at radius 1 is 1.32 bits per heavy atom. The van der Waals surface area contributed by atoms with Crippen LogP contribution >= 0.6 is 11.6 Å². The summed E-state index contributed by atoms with van der Waals surface area (Å²) in [7, 11) is 1.48. The van der Waals surface area contributed by atoms with Gasteiger partial charge in [0.1, 0.15) is 10.8 Å². The van der Waals surface area contributed by atoms with Gasteiger partial charge >= 0.3 is 0 Å². The number of hydrogen-bond donors (Lipinski definition) is 1. The minimum Gasteiger partial charge on any atom is -0.480 e. The Morgan fingerprint density at radius 2 is 2.08 bits per heavy atom. The summed E-state index contributed by atoms with van der Waals surface area (Å²) >= 11 is 5.94. The summed E-state index contributed by atoms with van der Waals surface area (Å²) in [6.07, 6.45) is 3.77. The lowest BCUT2D eigenvalue weighted by Gasteiger charge is -2.22. The minimum atomic E-state index is -0.915. The van der Waals surface area contributed by atoms with Crippen LogP contribution in [-0.2, 0) is 0 Å². The molecule has 1 N–H and O–H groups in total. The molecule has 25 heavy (non-hydrogen) atoms. The van der Waals surface area contributed by atoms with E-state index in [4.69, 9.17) is 21.1 Å². The Kier molecular flexibility index (Phi) is 5.43. The van der Waals surface area contributed by atoms with Gasteiger partial charge in [-0.2, -0.15) is 4.98 Å². The number of rotatable bonds is 6. The van der Waals surface area contributed by atoms with Crippen LogP contribution in [0.25, 0.3) is 0 Å². The summed E-state index contributed by atoms with van der Waals surface area (Å²) in [5.74, 6) is 0.961. The van der Waals surface area contributed by atoms with E-state index in [1.54, 1.807) is 0 Å². The van der Waals surface area contributed by atoms with Gasteiger partial charge in [0.2, 0.25) is 18.7 Å². The fourth-order valence-electron chi connectivity index (χ4n) is 2.93. The number of anilines is 3. The third-order valence-corrected chi connectivity index (χ3v) is 4.37. The van der Waals surface area contributed by atoms with Crippen LogP contribution < -0.4 is 19.7 Å². The topological polar surface area (TPSA) is 59.5 Å². The maximum atomic E-state index is 12.8. The molecule has 0 aliphatic carbocycles. The van der Waals surface area contributed by atoms with Gasteiger partial charge in [-0.25, -0.2) is 9.37 Å². The molecular weight excluding hydrogens is 347 g/mol. The van der Waals surface area contributed by atoms with Crippen LogP contribution in [0.3, 0.4) is 0 Å². The number of methoxy groups -OCH3 is 1. The predicted octanol–water partition coefficient (Wildman–Crippen LogP) is 4.10. The first-order valence-corrected chi connectivity index (χ1v) is 8.42. The lowest BCUT2D eigenvalue weighted by molar-refractivity contribution is 0.193. The standard InChI is InChI=1S/C17H20ClFN4O2/c1-11-7-13(21-17-20-9-12(18)16(22-17)24-2)15(25-10-19)8-14(11)23-5-3-4-6-23/h7-9H,3-6,10H2,1-2H3,(H,20,21,22). The lowest BCUT2D eigenvalue weighted by atomic mass is 10.1. The number of benzene rings is 1. The van der Waals surface area contributed by atoms with Crippen LogP contribution in [0.4, 0.5) is 21.7 Å². The molecule has 8 heteroatoms. The van der Waals surface area contributed by atoms with E-state index in [9.17, 15) is 4.39 Å². The van der Waals surface area contributed by atoms with Crippen molar-refractivity contribution in [1.29, 1.82) is 0 Å². The number of alkyl halides is 1. The molecule has 1 aromatic heterocycles. The maximum Gasteiger partial charge on any atom is 0.237 e. The van der Waals surface area contributed by atoms with Gasteiger partial charge in [-0.05, 0) is 31.4 Å². The Hall–Kier alpha value is -2.28. The predicted molar refractivity (Wildman–Crippen MR) is 96.1 cm³/mol. The van der Waals surface area contributed by atoms with E-state index >= 15 is 0 Å². The quantitative estimate of drug-likeness (QED) is 0.830. The highest BCUT2D eigenvalue weighted by Crippen LogP contribution is 2.36. The van der Waals surface area contributed by atoms with Crippen molar-refractivity contribution in [3.8, 4) is 11.6 Å². The second-order valence-corrected chi connectivity index (χ2v) is 6.17. The number of halogens is 2. The molecule has 0 atom stereocenters. The van der Waals surface area contributed by atoms with Gasteiger partial charge in [0.15, 0.2) is 0 Å². The fourth-order valence-corrected chi connectivity index (χ4v) is 3.10. The van der Waals surface area contributed by atoms with Crippen molar-refractivity contribution in [3.63, 3.8) is 0 Å². The van der Waals surface area contributed by atoms with E-state index in [-0.39, 0.29) is 5.88 Å². The monoisotopic (exact) mass is 366 g/mol. The lowest BCUT2D eigenvalue weighted by Crippen LogP contribution is -2.19. The molecule has 1 aliphatic heterocycles. The first kappa shape index (κ1) is 17.5. The molecule has 1 fully saturated rings. The van der Waals surface area contributed by atoms with E-state index < -0.39 is 6.86 Å². The van der Waals surface area contributed by atoms with Gasteiger partial charge in [0.05, 0.1) is 19.0 Å². The molecule has 0 unspecified atom stereocenters. The first-order chi connectivity index (χ1) is 12.1. The van der Waals surface area contributed by atoms with Gasteiger partial charge in [-0.15, -0.1) is 0 Å². The first-order valence-electron chi connectivity index (χ1n) is 8.04. The number of ether oxygens (including phenoxy) is 2. The summed E-state index contributed by atoms with van der Waals surface area (Å²) in [6.45, 7) is 3.10. The van der Waals surface area contributed by atoms with Crippen molar-refractivity contribution in [2.75, 3.05) is 37.3 Å². The van der Waals surface area contributed by atoms with E-state index in [0.29, 0.717) is 22.4 Å². The van der Waals surface area contributed by atoms with E-state index in [1.165, 1.54) is 13.3 Å². The number of hydrogen-bond acceptors (Lipinski definition) is 6. The Labute approximate surface area is 150 Å². The largest absolute Gasteiger partial charge is 0.480 e. The molecule has 2 heterocycles. The van der Waals surface area contributed by atoms with Crippen molar-refractivity contribution in [2.24, 2.45) is 0 Å². The average molecular weight is 367 g/mol. The Bertz CT molecular complexity index is 754. The zero-order valence-corrected chi connectivity index (χ0v) is 14.9. The maximum absolute atomic E-state index is 12.8. The van der Waals surface area contributed by atoms with Gasteiger partial charge < -0.3 is 19.7 Å². The SMILES string of the molecule is COc1nc(Nc2cc(C)c(N3CCCC3)cc2OCF)ncc1Cl. The average Bonchev–Trinajstić information content (AvgIpc) is 3.13. The van der Waals surface area contributed by atoms with Gasteiger partial charge in [-0.3, -0.25) is 0 Å². The van der Waals surface area contributed by atoms with Crippen LogP contribution in [-0.4, -0.2) is 37.0 Å². The number of aryl methyl sites for hydroxylation is 1. The summed E-state index contributed by atoms with van der Waals surface area (Å²) in [4.78, 5) is 10.6. The highest BCUT2D eigenvalue weighted by Gasteiger charge is 2.18. The van der Waals surface area contributed by atoms with Gasteiger partial charge in [0.25, 0.3) is 0 Å². The molecule has 1 aliphatic rings. The van der Waals surface area contributed by atoms with Crippen molar-refractivity contribution >= 4 is 28.9 Å². The highest BCUT2D eigenvalue weighted by atomic mass is 35.5. The molecule has 0 radical (unpaired) electrons. The van der Waals surface area contributed by atoms with E-state index in [2.05, 4.69) is 20.2 Å². The number of aromatic nitrogens is 2. The zero-order valence-electron chi connectivity index (χ0n) is 14.2. The molecular formula is C17H20ClFN4O2. The highest BCUT2D eigenvalue weighted by molar-refractivity contribution is 6.31. The summed E-state index contributed by atoms with van der Waals surface area (Å²) in [6, 6.07) is 3.76. The van der Waals surface area contributed by atoms with Crippen molar-refractivity contribution < 1.29 is 13.9 Å². The normalized spacial score (nSPS) is 13.8. The number of nitrogens with one attached hydrogen (secondary N) is 1. The second-order valence-electron chi connectivity index (χ2n) is 5.76. The van der Waals surface area contributed by atoms with Crippen LogP contribution in [0, 0.1) is 6.92 Å². The third kappa shape index (κ3) is 3.87. The minimum absolute atomic E-state index is 0.262. The number of nitrogens with zero attached hydrogens (tertiary/aromatic N) is 3. The van der Waals surface area contributed by atoms with Crippen molar-refractivity contribution in [1.82, 2.24) is 9.97 Å². The van der Waals surface area contributed by atoms with E-state index in [0.717, 1.165) is 37.2 Å². The van der Waals surface area contributed by atoms with Crippen LogP contribution in [0.5, 0.6) is 11.6 Å². The molecule has 134 valence electrons. The smallest absolute Gasteiger partial charge is 0.237 e. The van der Waals surface area contributed by atoms with Crippen molar-refractivity contribution in [2.45, 2.75) is 19.8 Å². The van der Waals surface area contributed by atoms with Gasteiger partial charge in [0, 0.05) is 24.8 Å². The zero-order chi connectivity index (χ0) is 17.8. The summed E-state index contributed by atoms with van der Waals surface area (Å²) in [5.41, 5.74) is 2.71. The molecule has 0 bridgehead atoms. The van der Waals surface area contributed by atoms with Crippen LogP contribution in [0.1, 0.15) is 18.4 Å². The van der Waals surface area contributed by atoms with Gasteiger partial charge in [-0.1, -0.05) is 11.6 Å². The van der Waals surface area contributed by atoms with Crippen LogP contribution in [0.2, 0.25) is 5.02 Å². The Balaban J connectivity index is 1.93.